The predicted octanol–water partition coefficient (Wildman–Crippen LogP) is 1.98. The lowest BCUT2D eigenvalue weighted by Crippen LogP contribution is -2.33. The standard InChI is InChI=1S/C20H19N5O2/c1-13-7-9-15(10-8-13)11-21-18(26)12-24-16-5-3-4-6-17(16)25-14(2)22-23-19(25)20(24)27/h3-10H,11-12H2,1-2H3,(H,21,26). The summed E-state index contributed by atoms with van der Waals surface area (Å²) < 4.78 is 3.17. The van der Waals surface area contributed by atoms with Crippen LogP contribution in [0.2, 0.25) is 0 Å². The van der Waals surface area contributed by atoms with Crippen molar-refractivity contribution in [1.29, 1.82) is 0 Å². The van der Waals surface area contributed by atoms with Crippen molar-refractivity contribution in [3.8, 4) is 0 Å². The van der Waals surface area contributed by atoms with E-state index < -0.39 is 0 Å². The molecule has 27 heavy (non-hydrogen) atoms. The van der Waals surface area contributed by atoms with Crippen LogP contribution in [0.25, 0.3) is 16.7 Å². The highest BCUT2D eigenvalue weighted by molar-refractivity contribution is 5.82. The van der Waals surface area contributed by atoms with Gasteiger partial charge in [-0.05, 0) is 31.5 Å². The van der Waals surface area contributed by atoms with Crippen LogP contribution < -0.4 is 10.9 Å². The third-order valence-corrected chi connectivity index (χ3v) is 4.59. The van der Waals surface area contributed by atoms with Crippen LogP contribution in [-0.2, 0) is 17.9 Å². The Balaban J connectivity index is 1.66. The number of fused-ring (bicyclic) bond motifs is 3. The van der Waals surface area contributed by atoms with E-state index in [1.165, 1.54) is 10.1 Å². The number of hydrogen-bond donors (Lipinski definition) is 1. The van der Waals surface area contributed by atoms with Crippen molar-refractivity contribution >= 4 is 22.6 Å². The van der Waals surface area contributed by atoms with Gasteiger partial charge in [-0.15, -0.1) is 10.2 Å². The van der Waals surface area contributed by atoms with Gasteiger partial charge in [0.25, 0.3) is 5.56 Å². The maximum Gasteiger partial charge on any atom is 0.297 e. The van der Waals surface area contributed by atoms with Crippen LogP contribution in [0.15, 0.2) is 53.3 Å². The van der Waals surface area contributed by atoms with Gasteiger partial charge in [0.05, 0.1) is 11.0 Å². The molecule has 0 radical (unpaired) electrons. The first kappa shape index (κ1) is 17.0. The van der Waals surface area contributed by atoms with Gasteiger partial charge in [-0.25, -0.2) is 0 Å². The molecule has 0 saturated carbocycles. The predicted molar refractivity (Wildman–Crippen MR) is 103 cm³/mol. The Bertz CT molecular complexity index is 1200. The van der Waals surface area contributed by atoms with Crippen LogP contribution in [-0.4, -0.2) is 25.1 Å². The summed E-state index contributed by atoms with van der Waals surface area (Å²) >= 11 is 0. The zero-order valence-corrected chi connectivity index (χ0v) is 15.1. The Morgan fingerprint density at radius 1 is 1.00 bits per heavy atom. The van der Waals surface area contributed by atoms with Gasteiger partial charge in [0.2, 0.25) is 11.6 Å². The number of aryl methyl sites for hydroxylation is 2. The summed E-state index contributed by atoms with van der Waals surface area (Å²) in [5.74, 6) is 0.401. The maximum atomic E-state index is 12.9. The molecule has 0 bridgehead atoms. The monoisotopic (exact) mass is 361 g/mol. The molecule has 4 aromatic rings. The number of para-hydroxylation sites is 2. The lowest BCUT2D eigenvalue weighted by Gasteiger charge is -2.12. The largest absolute Gasteiger partial charge is 0.350 e. The highest BCUT2D eigenvalue weighted by Crippen LogP contribution is 2.15. The highest BCUT2D eigenvalue weighted by Gasteiger charge is 2.16. The van der Waals surface area contributed by atoms with Gasteiger partial charge in [0.15, 0.2) is 0 Å². The number of aromatic nitrogens is 4. The second-order valence-corrected chi connectivity index (χ2v) is 6.55. The first-order valence-electron chi connectivity index (χ1n) is 8.70. The van der Waals surface area contributed by atoms with Gasteiger partial charge >= 0.3 is 0 Å². The molecule has 0 saturated heterocycles. The van der Waals surface area contributed by atoms with Crippen LogP contribution in [0.4, 0.5) is 0 Å². The Morgan fingerprint density at radius 2 is 1.70 bits per heavy atom. The first-order valence-corrected chi connectivity index (χ1v) is 8.70. The highest BCUT2D eigenvalue weighted by atomic mass is 16.2. The molecule has 2 heterocycles. The number of nitrogens with zero attached hydrogens (tertiary/aromatic N) is 4. The van der Waals surface area contributed by atoms with Gasteiger partial charge in [-0.3, -0.25) is 18.6 Å². The van der Waals surface area contributed by atoms with Crippen LogP contribution in [0.1, 0.15) is 17.0 Å². The van der Waals surface area contributed by atoms with Crippen molar-refractivity contribution in [2.45, 2.75) is 26.9 Å². The Hall–Kier alpha value is -3.48. The molecule has 7 nitrogen and oxygen atoms in total. The van der Waals surface area contributed by atoms with Crippen LogP contribution in [0.5, 0.6) is 0 Å². The summed E-state index contributed by atoms with van der Waals surface area (Å²) in [6, 6.07) is 15.4. The van der Waals surface area contributed by atoms with E-state index in [4.69, 9.17) is 0 Å². The van der Waals surface area contributed by atoms with E-state index in [2.05, 4.69) is 15.5 Å². The van der Waals surface area contributed by atoms with Crippen molar-refractivity contribution in [2.75, 3.05) is 0 Å². The van der Waals surface area contributed by atoms with Crippen molar-refractivity contribution in [3.63, 3.8) is 0 Å². The van der Waals surface area contributed by atoms with Crippen molar-refractivity contribution in [1.82, 2.24) is 24.5 Å². The molecule has 1 amide bonds. The summed E-state index contributed by atoms with van der Waals surface area (Å²) in [6.45, 7) is 4.15. The maximum absolute atomic E-state index is 12.9. The van der Waals surface area contributed by atoms with E-state index in [0.29, 0.717) is 17.9 Å². The molecule has 1 N–H and O–H groups in total. The summed E-state index contributed by atoms with van der Waals surface area (Å²) in [7, 11) is 0. The zero-order valence-electron chi connectivity index (χ0n) is 15.1. The van der Waals surface area contributed by atoms with E-state index in [1.54, 1.807) is 11.3 Å². The molecule has 0 aliphatic rings. The number of carbonyl (C=O) groups is 1. The molecule has 2 aromatic carbocycles. The average Bonchev–Trinajstić information content (AvgIpc) is 3.07. The average molecular weight is 361 g/mol. The lowest BCUT2D eigenvalue weighted by molar-refractivity contribution is -0.121. The van der Waals surface area contributed by atoms with Crippen molar-refractivity contribution in [2.24, 2.45) is 0 Å². The zero-order chi connectivity index (χ0) is 19.0. The topological polar surface area (TPSA) is 81.3 Å². The summed E-state index contributed by atoms with van der Waals surface area (Å²) in [4.78, 5) is 25.3. The molecule has 7 heteroatoms. The molecule has 0 spiro atoms. The molecular weight excluding hydrogens is 342 g/mol. The molecule has 136 valence electrons. The minimum atomic E-state index is -0.334. The van der Waals surface area contributed by atoms with Gasteiger partial charge in [0.1, 0.15) is 12.4 Å². The number of carbonyl (C=O) groups excluding carboxylic acids is 1. The molecule has 2 aromatic heterocycles. The van der Waals surface area contributed by atoms with Crippen LogP contribution >= 0.6 is 0 Å². The number of benzene rings is 2. The van der Waals surface area contributed by atoms with E-state index in [-0.39, 0.29) is 23.7 Å². The Labute approximate surface area is 155 Å². The quantitative estimate of drug-likeness (QED) is 0.603. The van der Waals surface area contributed by atoms with Crippen molar-refractivity contribution < 1.29 is 4.79 Å². The Morgan fingerprint density at radius 3 is 2.44 bits per heavy atom. The fraction of sp³-hybridized carbons (Fsp3) is 0.200. The first-order chi connectivity index (χ1) is 13.0. The Kier molecular flexibility index (Phi) is 4.19. The minimum Gasteiger partial charge on any atom is -0.350 e. The smallest absolute Gasteiger partial charge is 0.297 e. The normalized spacial score (nSPS) is 11.2. The van der Waals surface area contributed by atoms with Gasteiger partial charge in [0, 0.05) is 6.54 Å². The van der Waals surface area contributed by atoms with Crippen LogP contribution in [0, 0.1) is 13.8 Å². The SMILES string of the molecule is Cc1ccc(CNC(=O)Cn2c(=O)c3nnc(C)n3c3ccccc32)cc1. The molecule has 4 rings (SSSR count). The third kappa shape index (κ3) is 3.08. The fourth-order valence-corrected chi connectivity index (χ4v) is 3.16. The number of amides is 1. The molecule has 0 aliphatic heterocycles. The van der Waals surface area contributed by atoms with Crippen molar-refractivity contribution in [3.05, 3.63) is 75.8 Å². The summed E-state index contributed by atoms with van der Waals surface area (Å²) in [5, 5.41) is 10.9. The second-order valence-electron chi connectivity index (χ2n) is 6.55. The molecule has 0 unspecified atom stereocenters. The van der Waals surface area contributed by atoms with Gasteiger partial charge < -0.3 is 5.32 Å². The number of nitrogens with one attached hydrogen (secondary N) is 1. The van der Waals surface area contributed by atoms with E-state index in [0.717, 1.165) is 11.1 Å². The third-order valence-electron chi connectivity index (χ3n) is 4.59. The van der Waals surface area contributed by atoms with E-state index in [9.17, 15) is 9.59 Å². The second kappa shape index (κ2) is 6.68. The van der Waals surface area contributed by atoms with E-state index in [1.807, 2.05) is 55.5 Å². The van der Waals surface area contributed by atoms with Gasteiger partial charge in [-0.1, -0.05) is 42.0 Å². The minimum absolute atomic E-state index is 0.0758. The lowest BCUT2D eigenvalue weighted by atomic mass is 10.1. The van der Waals surface area contributed by atoms with Crippen LogP contribution in [0.3, 0.4) is 0 Å². The molecule has 0 aliphatic carbocycles. The number of rotatable bonds is 4. The van der Waals surface area contributed by atoms with E-state index >= 15 is 0 Å². The summed E-state index contributed by atoms with van der Waals surface area (Å²) in [6.07, 6.45) is 0. The fourth-order valence-electron chi connectivity index (χ4n) is 3.16. The van der Waals surface area contributed by atoms with Gasteiger partial charge in [-0.2, -0.15) is 0 Å². The molecular formula is C20H19N5O2. The molecule has 0 atom stereocenters. The summed E-state index contributed by atoms with van der Waals surface area (Å²) in [5.41, 5.74) is 3.52. The molecule has 0 fully saturated rings. The number of hydrogen-bond acceptors (Lipinski definition) is 4.